The normalized spacial score (nSPS) is 10.7. The van der Waals surface area contributed by atoms with Crippen LogP contribution < -0.4 is 10.4 Å². The molecule has 0 N–H and O–H groups in total. The van der Waals surface area contributed by atoms with E-state index in [4.69, 9.17) is 13.9 Å². The molecule has 2 aromatic carbocycles. The fourth-order valence-corrected chi connectivity index (χ4v) is 2.40. The molecule has 5 nitrogen and oxygen atoms in total. The van der Waals surface area contributed by atoms with Gasteiger partial charge < -0.3 is 13.9 Å². The number of benzene rings is 2. The van der Waals surface area contributed by atoms with E-state index in [-0.39, 0.29) is 12.2 Å². The van der Waals surface area contributed by atoms with E-state index in [2.05, 4.69) is 0 Å². The number of carbonyl (C=O) groups excluding carboxylic acids is 1. The van der Waals surface area contributed by atoms with Crippen LogP contribution in [0.25, 0.3) is 11.0 Å². The number of carbonyl (C=O) groups is 1. The molecule has 1 heterocycles. The van der Waals surface area contributed by atoms with Crippen LogP contribution in [-0.2, 0) is 11.3 Å². The van der Waals surface area contributed by atoms with Crippen molar-refractivity contribution in [1.29, 1.82) is 0 Å². The van der Waals surface area contributed by atoms with Gasteiger partial charge in [0.25, 0.3) is 0 Å². The molecule has 128 valence electrons. The molecule has 0 fully saturated rings. The zero-order chi connectivity index (χ0) is 18.0. The first-order valence-corrected chi connectivity index (χ1v) is 7.52. The van der Waals surface area contributed by atoms with Crippen LogP contribution in [0.4, 0.5) is 4.39 Å². The third-order valence-corrected chi connectivity index (χ3v) is 3.80. The average Bonchev–Trinajstić information content (AvgIpc) is 2.60. The van der Waals surface area contributed by atoms with Crippen LogP contribution in [0.5, 0.6) is 5.75 Å². The van der Waals surface area contributed by atoms with Crippen molar-refractivity contribution < 1.29 is 23.1 Å². The minimum Gasteiger partial charge on any atom is -0.497 e. The summed E-state index contributed by atoms with van der Waals surface area (Å²) in [5.74, 6) is -0.610. The molecule has 0 aliphatic carbocycles. The zero-order valence-corrected chi connectivity index (χ0v) is 13.7. The topological polar surface area (TPSA) is 65.7 Å². The van der Waals surface area contributed by atoms with Gasteiger partial charge in [0.05, 0.1) is 12.7 Å². The highest BCUT2D eigenvalue weighted by molar-refractivity contribution is 5.89. The molecule has 0 radical (unpaired) electrons. The largest absolute Gasteiger partial charge is 0.497 e. The van der Waals surface area contributed by atoms with Crippen LogP contribution in [0.15, 0.2) is 51.7 Å². The number of rotatable bonds is 4. The summed E-state index contributed by atoms with van der Waals surface area (Å²) < 4.78 is 29.0. The summed E-state index contributed by atoms with van der Waals surface area (Å²) in [6.07, 6.45) is 0. The molecule has 0 spiro atoms. The van der Waals surface area contributed by atoms with Crippen molar-refractivity contribution >= 4 is 16.9 Å². The van der Waals surface area contributed by atoms with E-state index in [1.807, 2.05) is 0 Å². The molecule has 3 rings (SSSR count). The van der Waals surface area contributed by atoms with Gasteiger partial charge in [-0.1, -0.05) is 6.07 Å². The molecule has 0 amide bonds. The lowest BCUT2D eigenvalue weighted by molar-refractivity contribution is 0.0473. The van der Waals surface area contributed by atoms with Gasteiger partial charge in [0.2, 0.25) is 0 Å². The summed E-state index contributed by atoms with van der Waals surface area (Å²) in [7, 11) is 1.51. The molecule has 0 atom stereocenters. The maximum absolute atomic E-state index is 13.6. The minimum absolute atomic E-state index is 0.108. The van der Waals surface area contributed by atoms with E-state index in [1.165, 1.54) is 25.3 Å². The number of aryl methyl sites for hydroxylation is 1. The van der Waals surface area contributed by atoms with Crippen molar-refractivity contribution in [2.24, 2.45) is 0 Å². The fourth-order valence-electron chi connectivity index (χ4n) is 2.40. The Morgan fingerprint density at radius 1 is 1.16 bits per heavy atom. The van der Waals surface area contributed by atoms with Crippen LogP contribution in [0.3, 0.4) is 0 Å². The van der Waals surface area contributed by atoms with Crippen LogP contribution in [0.1, 0.15) is 21.5 Å². The fraction of sp³-hybridized carbons (Fsp3) is 0.158. The second kappa shape index (κ2) is 6.76. The Morgan fingerprint density at radius 3 is 2.68 bits per heavy atom. The Balaban J connectivity index is 1.86. The standard InChI is InChI=1S/C19H15FO5/c1-11-3-4-12(7-16(11)20)19(22)24-10-13-8-18(21)25-17-9-14(23-2)5-6-15(13)17/h3-9H,10H2,1-2H3. The smallest absolute Gasteiger partial charge is 0.338 e. The number of esters is 1. The van der Waals surface area contributed by atoms with Gasteiger partial charge in [0, 0.05) is 23.1 Å². The van der Waals surface area contributed by atoms with Crippen molar-refractivity contribution in [3.8, 4) is 5.75 Å². The quantitative estimate of drug-likeness (QED) is 0.535. The first-order chi connectivity index (χ1) is 12.0. The Kier molecular flexibility index (Phi) is 4.52. The van der Waals surface area contributed by atoms with Crippen LogP contribution in [-0.4, -0.2) is 13.1 Å². The van der Waals surface area contributed by atoms with Gasteiger partial charge in [-0.05, 0) is 36.8 Å². The van der Waals surface area contributed by atoms with Gasteiger partial charge in [0.1, 0.15) is 23.8 Å². The van der Waals surface area contributed by atoms with Crippen LogP contribution in [0, 0.1) is 12.7 Å². The maximum Gasteiger partial charge on any atom is 0.338 e. The highest BCUT2D eigenvalue weighted by Crippen LogP contribution is 2.23. The second-order valence-corrected chi connectivity index (χ2v) is 5.49. The van der Waals surface area contributed by atoms with Crippen molar-refractivity contribution in [2.75, 3.05) is 7.11 Å². The SMILES string of the molecule is COc1ccc2c(COC(=O)c3ccc(C)c(F)c3)cc(=O)oc2c1. The average molecular weight is 342 g/mol. The molecular weight excluding hydrogens is 327 g/mol. The monoisotopic (exact) mass is 342 g/mol. The summed E-state index contributed by atoms with van der Waals surface area (Å²) in [5.41, 5.74) is 0.816. The summed E-state index contributed by atoms with van der Waals surface area (Å²) in [5, 5.41) is 0.628. The third kappa shape index (κ3) is 3.52. The summed E-state index contributed by atoms with van der Waals surface area (Å²) in [4.78, 5) is 23.8. The number of hydrogen-bond donors (Lipinski definition) is 0. The van der Waals surface area contributed by atoms with E-state index in [0.717, 1.165) is 6.07 Å². The predicted molar refractivity (Wildman–Crippen MR) is 89.3 cm³/mol. The predicted octanol–water partition coefficient (Wildman–Crippen LogP) is 3.61. The minimum atomic E-state index is -0.672. The molecule has 0 saturated heterocycles. The molecule has 6 heteroatoms. The van der Waals surface area contributed by atoms with Gasteiger partial charge in [-0.15, -0.1) is 0 Å². The Hall–Kier alpha value is -3.15. The van der Waals surface area contributed by atoms with E-state index in [1.54, 1.807) is 25.1 Å². The third-order valence-electron chi connectivity index (χ3n) is 3.80. The molecule has 0 aliphatic heterocycles. The Bertz CT molecular complexity index is 1010. The highest BCUT2D eigenvalue weighted by atomic mass is 19.1. The Labute approximate surface area is 142 Å². The lowest BCUT2D eigenvalue weighted by atomic mass is 10.1. The summed E-state index contributed by atoms with van der Waals surface area (Å²) in [6.45, 7) is 1.47. The molecule has 3 aromatic rings. The summed E-state index contributed by atoms with van der Waals surface area (Å²) in [6, 6.07) is 10.4. The van der Waals surface area contributed by atoms with Crippen LogP contribution >= 0.6 is 0 Å². The van der Waals surface area contributed by atoms with E-state index < -0.39 is 17.4 Å². The lowest BCUT2D eigenvalue weighted by Crippen LogP contribution is -2.08. The molecule has 1 aromatic heterocycles. The highest BCUT2D eigenvalue weighted by Gasteiger charge is 2.12. The number of fused-ring (bicyclic) bond motifs is 1. The lowest BCUT2D eigenvalue weighted by Gasteiger charge is -2.08. The maximum atomic E-state index is 13.6. The summed E-state index contributed by atoms with van der Waals surface area (Å²) >= 11 is 0. The molecule has 0 saturated carbocycles. The van der Waals surface area contributed by atoms with Gasteiger partial charge in [-0.3, -0.25) is 0 Å². The number of hydrogen-bond acceptors (Lipinski definition) is 5. The number of methoxy groups -OCH3 is 1. The van der Waals surface area contributed by atoms with Crippen molar-refractivity contribution in [1.82, 2.24) is 0 Å². The van der Waals surface area contributed by atoms with Crippen molar-refractivity contribution in [3.05, 3.63) is 75.4 Å². The van der Waals surface area contributed by atoms with Crippen LogP contribution in [0.2, 0.25) is 0 Å². The molecular formula is C19H15FO5. The zero-order valence-electron chi connectivity index (χ0n) is 13.7. The number of ether oxygens (including phenoxy) is 2. The van der Waals surface area contributed by atoms with E-state index in [0.29, 0.717) is 27.8 Å². The molecule has 25 heavy (non-hydrogen) atoms. The second-order valence-electron chi connectivity index (χ2n) is 5.49. The molecule has 0 unspecified atom stereocenters. The first-order valence-electron chi connectivity index (χ1n) is 7.52. The van der Waals surface area contributed by atoms with Gasteiger partial charge in [0.15, 0.2) is 0 Å². The van der Waals surface area contributed by atoms with E-state index in [9.17, 15) is 14.0 Å². The van der Waals surface area contributed by atoms with E-state index >= 15 is 0 Å². The number of halogens is 1. The van der Waals surface area contributed by atoms with Crippen molar-refractivity contribution in [2.45, 2.75) is 13.5 Å². The van der Waals surface area contributed by atoms with Crippen molar-refractivity contribution in [3.63, 3.8) is 0 Å². The van der Waals surface area contributed by atoms with Gasteiger partial charge in [-0.25, -0.2) is 14.0 Å². The Morgan fingerprint density at radius 2 is 1.96 bits per heavy atom. The van der Waals surface area contributed by atoms with Gasteiger partial charge in [-0.2, -0.15) is 0 Å². The molecule has 0 bridgehead atoms. The van der Waals surface area contributed by atoms with Gasteiger partial charge >= 0.3 is 11.6 Å². The molecule has 0 aliphatic rings. The first kappa shape index (κ1) is 16.7.